The van der Waals surface area contributed by atoms with E-state index < -0.39 is 6.04 Å². The fourth-order valence-corrected chi connectivity index (χ4v) is 2.17. The van der Waals surface area contributed by atoms with E-state index in [1.165, 1.54) is 10.7 Å². The van der Waals surface area contributed by atoms with Crippen LogP contribution in [0.15, 0.2) is 41.2 Å². The standard InChI is InChI=1S/C18H23N3O2/c1-12-6-8-14(9-7-12)15-10-11-16(22)21(20-15)13(2)17(23)19-18(3,4)5/h6-11,13H,1-5H3,(H,19,23). The second kappa shape index (κ2) is 6.36. The predicted molar refractivity (Wildman–Crippen MR) is 91.3 cm³/mol. The van der Waals surface area contributed by atoms with Gasteiger partial charge in [0.25, 0.3) is 5.56 Å². The first-order valence-corrected chi connectivity index (χ1v) is 7.66. The Hall–Kier alpha value is -2.43. The molecule has 0 saturated carbocycles. The minimum Gasteiger partial charge on any atom is -0.350 e. The molecule has 1 heterocycles. The molecule has 0 fully saturated rings. The molecule has 1 N–H and O–H groups in total. The molecule has 0 saturated heterocycles. The number of hydrogen-bond donors (Lipinski definition) is 1. The van der Waals surface area contributed by atoms with Crippen molar-refractivity contribution in [2.24, 2.45) is 0 Å². The van der Waals surface area contributed by atoms with Crippen LogP contribution < -0.4 is 10.9 Å². The second-order valence-electron chi connectivity index (χ2n) is 6.78. The van der Waals surface area contributed by atoms with E-state index >= 15 is 0 Å². The maximum atomic E-state index is 12.3. The van der Waals surface area contributed by atoms with Crippen LogP contribution in [-0.2, 0) is 4.79 Å². The summed E-state index contributed by atoms with van der Waals surface area (Å²) >= 11 is 0. The van der Waals surface area contributed by atoms with Crippen molar-refractivity contribution in [3.8, 4) is 11.3 Å². The lowest BCUT2D eigenvalue weighted by atomic mass is 10.1. The molecular formula is C18H23N3O2. The highest BCUT2D eigenvalue weighted by molar-refractivity contribution is 5.80. The van der Waals surface area contributed by atoms with Crippen LogP contribution in [0, 0.1) is 6.92 Å². The lowest BCUT2D eigenvalue weighted by molar-refractivity contribution is -0.125. The summed E-state index contributed by atoms with van der Waals surface area (Å²) in [5, 5.41) is 7.24. The Kier molecular flexibility index (Phi) is 4.68. The number of aromatic nitrogens is 2. The molecule has 1 aromatic heterocycles. The molecule has 5 nitrogen and oxygen atoms in total. The zero-order chi connectivity index (χ0) is 17.2. The fraction of sp³-hybridized carbons (Fsp3) is 0.389. The molecule has 2 rings (SSSR count). The minimum atomic E-state index is -0.674. The number of hydrogen-bond acceptors (Lipinski definition) is 3. The number of nitrogens with zero attached hydrogens (tertiary/aromatic N) is 2. The van der Waals surface area contributed by atoms with Gasteiger partial charge in [-0.05, 0) is 40.7 Å². The normalized spacial score (nSPS) is 12.7. The van der Waals surface area contributed by atoms with Gasteiger partial charge in [0.05, 0.1) is 5.69 Å². The summed E-state index contributed by atoms with van der Waals surface area (Å²) in [7, 11) is 0. The first kappa shape index (κ1) is 16.9. The van der Waals surface area contributed by atoms with E-state index in [1.807, 2.05) is 52.0 Å². The van der Waals surface area contributed by atoms with Crippen molar-refractivity contribution in [2.45, 2.75) is 46.2 Å². The molecule has 23 heavy (non-hydrogen) atoms. The van der Waals surface area contributed by atoms with Gasteiger partial charge in [0.15, 0.2) is 0 Å². The summed E-state index contributed by atoms with van der Waals surface area (Å²) in [5.41, 5.74) is 2.08. The van der Waals surface area contributed by atoms with Crippen molar-refractivity contribution in [3.05, 3.63) is 52.3 Å². The van der Waals surface area contributed by atoms with E-state index in [9.17, 15) is 9.59 Å². The van der Waals surface area contributed by atoms with Crippen molar-refractivity contribution >= 4 is 5.91 Å². The number of carbonyl (C=O) groups is 1. The fourth-order valence-electron chi connectivity index (χ4n) is 2.17. The highest BCUT2D eigenvalue weighted by Crippen LogP contribution is 2.17. The number of rotatable bonds is 3. The van der Waals surface area contributed by atoms with Gasteiger partial charge in [0, 0.05) is 17.2 Å². The van der Waals surface area contributed by atoms with Crippen molar-refractivity contribution in [3.63, 3.8) is 0 Å². The molecule has 0 radical (unpaired) electrons. The molecule has 0 aliphatic heterocycles. The average molecular weight is 313 g/mol. The molecule has 0 bridgehead atoms. The summed E-state index contributed by atoms with van der Waals surface area (Å²) in [6, 6.07) is 10.3. The molecule has 1 atom stereocenters. The third kappa shape index (κ3) is 4.28. The van der Waals surface area contributed by atoms with Crippen molar-refractivity contribution in [1.29, 1.82) is 0 Å². The summed E-state index contributed by atoms with van der Waals surface area (Å²) < 4.78 is 1.23. The van der Waals surface area contributed by atoms with Crippen LogP contribution in [0.4, 0.5) is 0 Å². The topological polar surface area (TPSA) is 64.0 Å². The predicted octanol–water partition coefficient (Wildman–Crippen LogP) is 2.69. The van der Waals surface area contributed by atoms with Crippen molar-refractivity contribution in [1.82, 2.24) is 15.1 Å². The summed E-state index contributed by atoms with van der Waals surface area (Å²) in [6.07, 6.45) is 0. The maximum Gasteiger partial charge on any atom is 0.267 e. The highest BCUT2D eigenvalue weighted by Gasteiger charge is 2.22. The summed E-state index contributed by atoms with van der Waals surface area (Å²) in [6.45, 7) is 9.38. The largest absolute Gasteiger partial charge is 0.350 e. The summed E-state index contributed by atoms with van der Waals surface area (Å²) in [5.74, 6) is -0.229. The van der Waals surface area contributed by atoms with E-state index in [4.69, 9.17) is 0 Å². The Balaban J connectivity index is 2.35. The third-order valence-electron chi connectivity index (χ3n) is 3.42. The monoisotopic (exact) mass is 313 g/mol. The van der Waals surface area contributed by atoms with Crippen LogP contribution in [-0.4, -0.2) is 21.2 Å². The summed E-state index contributed by atoms with van der Waals surface area (Å²) in [4.78, 5) is 24.4. The molecule has 0 spiro atoms. The lowest BCUT2D eigenvalue weighted by Gasteiger charge is -2.23. The Morgan fingerprint density at radius 2 is 1.74 bits per heavy atom. The van der Waals surface area contributed by atoms with Crippen LogP contribution in [0.5, 0.6) is 0 Å². The van der Waals surface area contributed by atoms with Crippen LogP contribution >= 0.6 is 0 Å². The molecule has 0 aliphatic rings. The van der Waals surface area contributed by atoms with Crippen LogP contribution in [0.3, 0.4) is 0 Å². The average Bonchev–Trinajstić information content (AvgIpc) is 2.46. The third-order valence-corrected chi connectivity index (χ3v) is 3.42. The number of aryl methyl sites for hydroxylation is 1. The molecule has 0 aliphatic carbocycles. The van der Waals surface area contributed by atoms with Crippen molar-refractivity contribution in [2.75, 3.05) is 0 Å². The van der Waals surface area contributed by atoms with Gasteiger partial charge in [-0.15, -0.1) is 0 Å². The van der Waals surface area contributed by atoms with E-state index in [2.05, 4.69) is 10.4 Å². The van der Waals surface area contributed by atoms with Gasteiger partial charge >= 0.3 is 0 Å². The molecule has 1 unspecified atom stereocenters. The smallest absolute Gasteiger partial charge is 0.267 e. The first-order chi connectivity index (χ1) is 10.7. The molecule has 1 amide bonds. The van der Waals surface area contributed by atoms with Crippen LogP contribution in [0.2, 0.25) is 0 Å². The minimum absolute atomic E-state index is 0.229. The zero-order valence-corrected chi connectivity index (χ0v) is 14.3. The Morgan fingerprint density at radius 1 is 1.13 bits per heavy atom. The van der Waals surface area contributed by atoms with Crippen LogP contribution in [0.25, 0.3) is 11.3 Å². The van der Waals surface area contributed by atoms with E-state index in [1.54, 1.807) is 13.0 Å². The van der Waals surface area contributed by atoms with Gasteiger partial charge in [-0.2, -0.15) is 5.10 Å². The van der Waals surface area contributed by atoms with E-state index in [-0.39, 0.29) is 17.0 Å². The van der Waals surface area contributed by atoms with Gasteiger partial charge in [-0.3, -0.25) is 9.59 Å². The molecular weight excluding hydrogens is 290 g/mol. The molecule has 122 valence electrons. The Labute approximate surface area is 136 Å². The zero-order valence-electron chi connectivity index (χ0n) is 14.3. The molecule has 2 aromatic rings. The van der Waals surface area contributed by atoms with Gasteiger partial charge < -0.3 is 5.32 Å². The lowest BCUT2D eigenvalue weighted by Crippen LogP contribution is -2.45. The number of carbonyl (C=O) groups excluding carboxylic acids is 1. The quantitative estimate of drug-likeness (QED) is 0.947. The second-order valence-corrected chi connectivity index (χ2v) is 6.78. The van der Waals surface area contributed by atoms with Crippen LogP contribution in [0.1, 0.15) is 39.3 Å². The van der Waals surface area contributed by atoms with Gasteiger partial charge in [-0.25, -0.2) is 4.68 Å². The van der Waals surface area contributed by atoms with Gasteiger partial charge in [-0.1, -0.05) is 29.8 Å². The maximum absolute atomic E-state index is 12.3. The first-order valence-electron chi connectivity index (χ1n) is 7.66. The molecule has 5 heteroatoms. The van der Waals surface area contributed by atoms with Crippen molar-refractivity contribution < 1.29 is 4.79 Å². The highest BCUT2D eigenvalue weighted by atomic mass is 16.2. The van der Waals surface area contributed by atoms with Gasteiger partial charge in [0.2, 0.25) is 5.91 Å². The number of amides is 1. The van der Waals surface area contributed by atoms with E-state index in [0.717, 1.165) is 11.1 Å². The Bertz CT molecular complexity index is 755. The number of benzene rings is 1. The molecule has 1 aromatic carbocycles. The Morgan fingerprint density at radius 3 is 2.30 bits per heavy atom. The SMILES string of the molecule is Cc1ccc(-c2ccc(=O)n(C(C)C(=O)NC(C)(C)C)n2)cc1. The number of nitrogens with one attached hydrogen (secondary N) is 1. The van der Waals surface area contributed by atoms with E-state index in [0.29, 0.717) is 5.69 Å². The van der Waals surface area contributed by atoms with Gasteiger partial charge in [0.1, 0.15) is 6.04 Å².